The number of nitrogens with one attached hydrogen (secondary N) is 1. The molecule has 6 heteroatoms. The standard InChI is InChI=1S/C11H20N4OS/c1-3-4-12-11-14-13-10(17-11)8-15-5-6-16-9(2)7-15/h9H,3-8H2,1-2H3,(H,12,14). The molecule has 1 saturated heterocycles. The minimum atomic E-state index is 0.328. The van der Waals surface area contributed by atoms with E-state index in [0.29, 0.717) is 6.10 Å². The molecule has 2 heterocycles. The highest BCUT2D eigenvalue weighted by Gasteiger charge is 2.18. The van der Waals surface area contributed by atoms with Gasteiger partial charge < -0.3 is 10.1 Å². The molecule has 0 amide bonds. The lowest BCUT2D eigenvalue weighted by atomic mass is 10.3. The summed E-state index contributed by atoms with van der Waals surface area (Å²) in [6.45, 7) is 8.90. The average molecular weight is 256 g/mol. The van der Waals surface area contributed by atoms with Crippen molar-refractivity contribution in [2.24, 2.45) is 0 Å². The smallest absolute Gasteiger partial charge is 0.205 e. The van der Waals surface area contributed by atoms with Crippen LogP contribution in [0, 0.1) is 0 Å². The van der Waals surface area contributed by atoms with Gasteiger partial charge in [-0.3, -0.25) is 4.90 Å². The predicted molar refractivity (Wildman–Crippen MR) is 69.4 cm³/mol. The van der Waals surface area contributed by atoms with Crippen molar-refractivity contribution in [2.45, 2.75) is 32.9 Å². The van der Waals surface area contributed by atoms with Gasteiger partial charge in [0.05, 0.1) is 19.3 Å². The zero-order chi connectivity index (χ0) is 12.1. The first kappa shape index (κ1) is 12.7. The van der Waals surface area contributed by atoms with Crippen molar-refractivity contribution >= 4 is 16.5 Å². The summed E-state index contributed by atoms with van der Waals surface area (Å²) in [6.07, 6.45) is 1.44. The van der Waals surface area contributed by atoms with Crippen LogP contribution in [0.1, 0.15) is 25.3 Å². The second kappa shape index (κ2) is 6.28. The molecule has 1 aliphatic rings. The maximum Gasteiger partial charge on any atom is 0.205 e. The summed E-state index contributed by atoms with van der Waals surface area (Å²) < 4.78 is 5.52. The number of nitrogens with zero attached hydrogens (tertiary/aromatic N) is 3. The summed E-state index contributed by atoms with van der Waals surface area (Å²) in [4.78, 5) is 2.37. The van der Waals surface area contributed by atoms with Crippen LogP contribution in [-0.4, -0.2) is 47.4 Å². The number of morpholine rings is 1. The van der Waals surface area contributed by atoms with E-state index in [4.69, 9.17) is 4.74 Å². The summed E-state index contributed by atoms with van der Waals surface area (Å²) in [6, 6.07) is 0. The monoisotopic (exact) mass is 256 g/mol. The van der Waals surface area contributed by atoms with Crippen LogP contribution in [0.2, 0.25) is 0 Å². The highest BCUT2D eigenvalue weighted by Crippen LogP contribution is 2.18. The van der Waals surface area contributed by atoms with Gasteiger partial charge in [0.15, 0.2) is 0 Å². The van der Waals surface area contributed by atoms with Crippen LogP contribution in [0.25, 0.3) is 0 Å². The van der Waals surface area contributed by atoms with E-state index in [0.717, 1.165) is 49.3 Å². The predicted octanol–water partition coefficient (Wildman–Crippen LogP) is 1.58. The van der Waals surface area contributed by atoms with Gasteiger partial charge in [0.2, 0.25) is 5.13 Å². The van der Waals surface area contributed by atoms with Crippen molar-refractivity contribution in [1.82, 2.24) is 15.1 Å². The van der Waals surface area contributed by atoms with Crippen LogP contribution >= 0.6 is 11.3 Å². The van der Waals surface area contributed by atoms with Gasteiger partial charge in [-0.25, -0.2) is 0 Å². The third-order valence-electron chi connectivity index (χ3n) is 2.68. The van der Waals surface area contributed by atoms with Crippen LogP contribution in [0.15, 0.2) is 0 Å². The molecule has 2 rings (SSSR count). The van der Waals surface area contributed by atoms with Crippen molar-refractivity contribution in [2.75, 3.05) is 31.6 Å². The molecule has 0 saturated carbocycles. The van der Waals surface area contributed by atoms with E-state index in [1.165, 1.54) is 0 Å². The van der Waals surface area contributed by atoms with Gasteiger partial charge >= 0.3 is 0 Å². The minimum Gasteiger partial charge on any atom is -0.376 e. The van der Waals surface area contributed by atoms with E-state index in [-0.39, 0.29) is 0 Å². The normalized spacial score (nSPS) is 21.6. The van der Waals surface area contributed by atoms with E-state index in [1.807, 2.05) is 0 Å². The molecule has 1 aromatic heterocycles. The van der Waals surface area contributed by atoms with Crippen molar-refractivity contribution in [3.05, 3.63) is 5.01 Å². The quantitative estimate of drug-likeness (QED) is 0.867. The molecule has 1 aromatic rings. The highest BCUT2D eigenvalue weighted by molar-refractivity contribution is 7.15. The van der Waals surface area contributed by atoms with Gasteiger partial charge in [0.25, 0.3) is 0 Å². The van der Waals surface area contributed by atoms with E-state index < -0.39 is 0 Å². The van der Waals surface area contributed by atoms with E-state index in [9.17, 15) is 0 Å². The molecule has 1 N–H and O–H groups in total. The van der Waals surface area contributed by atoms with Crippen molar-refractivity contribution in [3.63, 3.8) is 0 Å². The summed E-state index contributed by atoms with van der Waals surface area (Å²) in [7, 11) is 0. The molecule has 1 fully saturated rings. The number of ether oxygens (including phenoxy) is 1. The molecular weight excluding hydrogens is 236 g/mol. The number of anilines is 1. The Bertz CT molecular complexity index is 344. The van der Waals surface area contributed by atoms with Gasteiger partial charge in [0, 0.05) is 19.6 Å². The first-order chi connectivity index (χ1) is 8.28. The fourth-order valence-electron chi connectivity index (χ4n) is 1.85. The zero-order valence-electron chi connectivity index (χ0n) is 10.5. The van der Waals surface area contributed by atoms with Gasteiger partial charge in [-0.15, -0.1) is 10.2 Å². The average Bonchev–Trinajstić information content (AvgIpc) is 2.74. The lowest BCUT2D eigenvalue weighted by Gasteiger charge is -2.30. The molecule has 0 aromatic carbocycles. The van der Waals surface area contributed by atoms with Crippen LogP contribution in [-0.2, 0) is 11.3 Å². The Kier molecular flexibility index (Phi) is 4.70. The Morgan fingerprint density at radius 2 is 2.41 bits per heavy atom. The summed E-state index contributed by atoms with van der Waals surface area (Å²) >= 11 is 1.65. The molecule has 1 unspecified atom stereocenters. The first-order valence-electron chi connectivity index (χ1n) is 6.18. The fraction of sp³-hybridized carbons (Fsp3) is 0.818. The van der Waals surface area contributed by atoms with Gasteiger partial charge in [0.1, 0.15) is 5.01 Å². The summed E-state index contributed by atoms with van der Waals surface area (Å²) in [5.74, 6) is 0. The zero-order valence-corrected chi connectivity index (χ0v) is 11.3. The topological polar surface area (TPSA) is 50.3 Å². The molecule has 1 atom stereocenters. The molecule has 0 radical (unpaired) electrons. The Morgan fingerprint density at radius 1 is 1.53 bits per heavy atom. The second-order valence-electron chi connectivity index (χ2n) is 4.34. The molecule has 5 nitrogen and oxygen atoms in total. The van der Waals surface area contributed by atoms with Crippen molar-refractivity contribution in [3.8, 4) is 0 Å². The molecule has 17 heavy (non-hydrogen) atoms. The number of aromatic nitrogens is 2. The summed E-state index contributed by atoms with van der Waals surface area (Å²) in [5, 5.41) is 13.6. The van der Waals surface area contributed by atoms with Crippen LogP contribution in [0.3, 0.4) is 0 Å². The van der Waals surface area contributed by atoms with Crippen molar-refractivity contribution in [1.29, 1.82) is 0 Å². The highest BCUT2D eigenvalue weighted by atomic mass is 32.1. The maximum absolute atomic E-state index is 5.52. The molecule has 96 valence electrons. The molecule has 0 aliphatic carbocycles. The Balaban J connectivity index is 1.83. The lowest BCUT2D eigenvalue weighted by molar-refractivity contribution is -0.0212. The van der Waals surface area contributed by atoms with Crippen LogP contribution in [0.4, 0.5) is 5.13 Å². The van der Waals surface area contributed by atoms with Gasteiger partial charge in [-0.1, -0.05) is 18.3 Å². The Labute approximate surface area is 106 Å². The van der Waals surface area contributed by atoms with Crippen LogP contribution < -0.4 is 5.32 Å². The number of rotatable bonds is 5. The third-order valence-corrected chi connectivity index (χ3v) is 3.54. The number of hydrogen-bond donors (Lipinski definition) is 1. The van der Waals surface area contributed by atoms with Gasteiger partial charge in [-0.05, 0) is 13.3 Å². The third kappa shape index (κ3) is 3.90. The van der Waals surface area contributed by atoms with E-state index >= 15 is 0 Å². The minimum absolute atomic E-state index is 0.328. The largest absolute Gasteiger partial charge is 0.376 e. The SMILES string of the molecule is CCCNc1nnc(CN2CCOC(C)C2)s1. The Hall–Kier alpha value is -0.720. The lowest BCUT2D eigenvalue weighted by Crippen LogP contribution is -2.40. The molecular formula is C11H20N4OS. The van der Waals surface area contributed by atoms with Gasteiger partial charge in [-0.2, -0.15) is 0 Å². The van der Waals surface area contributed by atoms with E-state index in [1.54, 1.807) is 11.3 Å². The summed E-state index contributed by atoms with van der Waals surface area (Å²) in [5.41, 5.74) is 0. The molecule has 0 spiro atoms. The Morgan fingerprint density at radius 3 is 3.18 bits per heavy atom. The second-order valence-corrected chi connectivity index (χ2v) is 5.41. The fourth-order valence-corrected chi connectivity index (χ4v) is 2.65. The first-order valence-corrected chi connectivity index (χ1v) is 6.99. The molecule has 0 bridgehead atoms. The maximum atomic E-state index is 5.52. The van der Waals surface area contributed by atoms with Crippen LogP contribution in [0.5, 0.6) is 0 Å². The number of hydrogen-bond acceptors (Lipinski definition) is 6. The van der Waals surface area contributed by atoms with Crippen molar-refractivity contribution < 1.29 is 4.74 Å². The van der Waals surface area contributed by atoms with E-state index in [2.05, 4.69) is 34.3 Å². The molecule has 1 aliphatic heterocycles.